The molecule has 6 nitrogen and oxygen atoms in total. The lowest BCUT2D eigenvalue weighted by molar-refractivity contribution is -0.141. The maximum absolute atomic E-state index is 12.2. The van der Waals surface area contributed by atoms with Gasteiger partial charge in [0.15, 0.2) is 10.8 Å². The molecule has 0 aliphatic rings. The molecule has 2 heterocycles. The highest BCUT2D eigenvalue weighted by Crippen LogP contribution is 2.28. The van der Waals surface area contributed by atoms with Crippen LogP contribution in [0.4, 0.5) is 0 Å². The number of methoxy groups -OCH3 is 1. The van der Waals surface area contributed by atoms with Gasteiger partial charge in [-0.15, -0.1) is 11.3 Å². The molecule has 0 fully saturated rings. The Hall–Kier alpha value is -2.15. The molecule has 0 radical (unpaired) electrons. The first-order chi connectivity index (χ1) is 9.52. The molecule has 0 saturated carbocycles. The second-order valence-electron chi connectivity index (χ2n) is 4.14. The van der Waals surface area contributed by atoms with Crippen LogP contribution in [0.15, 0.2) is 22.8 Å². The van der Waals surface area contributed by atoms with E-state index in [1.807, 2.05) is 6.92 Å². The Kier molecular flexibility index (Phi) is 4.19. The van der Waals surface area contributed by atoms with Crippen molar-refractivity contribution in [2.24, 2.45) is 0 Å². The Morgan fingerprint density at radius 2 is 2.25 bits per heavy atom. The number of carbonyl (C=O) groups excluding carboxylic acids is 2. The molecular formula is C13H14N2O4S. The van der Waals surface area contributed by atoms with E-state index in [0.29, 0.717) is 16.5 Å². The van der Waals surface area contributed by atoms with Crippen molar-refractivity contribution in [1.82, 2.24) is 9.88 Å². The van der Waals surface area contributed by atoms with Crippen molar-refractivity contribution in [1.29, 1.82) is 0 Å². The zero-order valence-electron chi connectivity index (χ0n) is 11.4. The number of hydrogen-bond acceptors (Lipinski definition) is 6. The fourth-order valence-corrected chi connectivity index (χ4v) is 2.48. The van der Waals surface area contributed by atoms with Crippen LogP contribution in [0.2, 0.25) is 0 Å². The first-order valence-corrected chi connectivity index (χ1v) is 6.68. The van der Waals surface area contributed by atoms with Crippen molar-refractivity contribution in [3.05, 3.63) is 29.0 Å². The summed E-state index contributed by atoms with van der Waals surface area (Å²) in [5.41, 5.74) is 0.327. The van der Waals surface area contributed by atoms with Gasteiger partial charge in [-0.3, -0.25) is 9.59 Å². The summed E-state index contributed by atoms with van der Waals surface area (Å²) >= 11 is 1.37. The summed E-state index contributed by atoms with van der Waals surface area (Å²) in [6.07, 6.45) is 1.55. The average Bonchev–Trinajstić information content (AvgIpc) is 3.06. The highest BCUT2D eigenvalue weighted by molar-refractivity contribution is 7.15. The highest BCUT2D eigenvalue weighted by atomic mass is 32.1. The number of esters is 1. The molecule has 0 spiro atoms. The number of likely N-dealkylation sites (N-methyl/N-ethyl adjacent to an activating group) is 1. The maximum atomic E-state index is 12.2. The molecule has 0 unspecified atom stereocenters. The van der Waals surface area contributed by atoms with Crippen LogP contribution < -0.4 is 0 Å². The van der Waals surface area contributed by atoms with Gasteiger partial charge >= 0.3 is 5.97 Å². The molecule has 20 heavy (non-hydrogen) atoms. The Morgan fingerprint density at radius 3 is 2.85 bits per heavy atom. The molecule has 2 aromatic rings. The number of furan rings is 1. The minimum absolute atomic E-state index is 0.109. The predicted octanol–water partition coefficient (Wildman–Crippen LogP) is 1.96. The first kappa shape index (κ1) is 14.3. The number of hydrogen-bond donors (Lipinski definition) is 0. The van der Waals surface area contributed by atoms with Gasteiger partial charge in [-0.25, -0.2) is 4.98 Å². The van der Waals surface area contributed by atoms with Crippen LogP contribution in [0.1, 0.15) is 15.4 Å². The molecule has 106 valence electrons. The van der Waals surface area contributed by atoms with Gasteiger partial charge < -0.3 is 14.1 Å². The lowest BCUT2D eigenvalue weighted by Gasteiger charge is -2.14. The largest absolute Gasteiger partial charge is 0.468 e. The fourth-order valence-electron chi connectivity index (χ4n) is 1.61. The maximum Gasteiger partial charge on any atom is 0.325 e. The zero-order valence-corrected chi connectivity index (χ0v) is 12.2. The topological polar surface area (TPSA) is 72.6 Å². The minimum Gasteiger partial charge on any atom is -0.468 e. The van der Waals surface area contributed by atoms with Crippen molar-refractivity contribution in [3.8, 4) is 10.8 Å². The third-order valence-electron chi connectivity index (χ3n) is 2.67. The van der Waals surface area contributed by atoms with E-state index in [1.165, 1.54) is 30.4 Å². The third kappa shape index (κ3) is 2.88. The van der Waals surface area contributed by atoms with E-state index in [4.69, 9.17) is 4.42 Å². The first-order valence-electron chi connectivity index (χ1n) is 5.86. The number of ether oxygens (including phenoxy) is 1. The van der Waals surface area contributed by atoms with E-state index < -0.39 is 5.97 Å². The summed E-state index contributed by atoms with van der Waals surface area (Å²) in [6, 6.07) is 3.54. The van der Waals surface area contributed by atoms with Crippen molar-refractivity contribution in [2.75, 3.05) is 20.7 Å². The van der Waals surface area contributed by atoms with Gasteiger partial charge in [0.1, 0.15) is 12.2 Å². The Labute approximate surface area is 120 Å². The minimum atomic E-state index is -0.472. The quantitative estimate of drug-likeness (QED) is 0.806. The second kappa shape index (κ2) is 5.87. The van der Waals surface area contributed by atoms with Gasteiger partial charge in [-0.05, 0) is 19.1 Å². The van der Waals surface area contributed by atoms with E-state index in [0.717, 1.165) is 4.88 Å². The molecule has 0 atom stereocenters. The zero-order chi connectivity index (χ0) is 14.7. The van der Waals surface area contributed by atoms with Gasteiger partial charge in [-0.2, -0.15) is 0 Å². The van der Waals surface area contributed by atoms with Crippen molar-refractivity contribution >= 4 is 23.2 Å². The number of carbonyl (C=O) groups is 2. The number of aryl methyl sites for hydroxylation is 1. The van der Waals surface area contributed by atoms with E-state index in [-0.39, 0.29) is 12.5 Å². The van der Waals surface area contributed by atoms with Crippen LogP contribution in [0, 0.1) is 6.92 Å². The molecular weight excluding hydrogens is 280 g/mol. The summed E-state index contributed by atoms with van der Waals surface area (Å²) in [7, 11) is 2.81. The number of thiazole rings is 1. The molecule has 1 amide bonds. The molecule has 0 N–H and O–H groups in total. The average molecular weight is 294 g/mol. The number of nitrogens with zero attached hydrogens (tertiary/aromatic N) is 2. The third-order valence-corrected chi connectivity index (χ3v) is 3.66. The predicted molar refractivity (Wildman–Crippen MR) is 73.5 cm³/mol. The molecule has 0 saturated heterocycles. The van der Waals surface area contributed by atoms with E-state index in [9.17, 15) is 9.59 Å². The van der Waals surface area contributed by atoms with E-state index in [1.54, 1.807) is 18.4 Å². The van der Waals surface area contributed by atoms with Crippen molar-refractivity contribution in [2.45, 2.75) is 6.92 Å². The van der Waals surface area contributed by atoms with Gasteiger partial charge in [0.2, 0.25) is 0 Å². The normalized spacial score (nSPS) is 10.3. The molecule has 0 aromatic carbocycles. The Morgan fingerprint density at radius 1 is 1.50 bits per heavy atom. The van der Waals surface area contributed by atoms with Gasteiger partial charge in [-0.1, -0.05) is 0 Å². The summed E-state index contributed by atoms with van der Waals surface area (Å²) in [5, 5.41) is 0.641. The lowest BCUT2D eigenvalue weighted by Crippen LogP contribution is -2.33. The Bertz CT molecular complexity index is 618. The molecule has 7 heteroatoms. The smallest absolute Gasteiger partial charge is 0.325 e. The molecule has 0 bridgehead atoms. The standard InChI is InChI=1S/C13H14N2O4S/c1-8-11(13(17)15(2)7-10(16)18-3)14-12(20-8)9-5-4-6-19-9/h4-6H,7H2,1-3H3. The molecule has 0 aliphatic heterocycles. The highest BCUT2D eigenvalue weighted by Gasteiger charge is 2.22. The van der Waals surface area contributed by atoms with E-state index >= 15 is 0 Å². The number of rotatable bonds is 4. The van der Waals surface area contributed by atoms with Crippen LogP contribution in [0.25, 0.3) is 10.8 Å². The SMILES string of the molecule is COC(=O)CN(C)C(=O)c1nc(-c2ccco2)sc1C. The van der Waals surface area contributed by atoms with Crippen LogP contribution in [0.5, 0.6) is 0 Å². The van der Waals surface area contributed by atoms with Gasteiger partial charge in [0, 0.05) is 11.9 Å². The lowest BCUT2D eigenvalue weighted by atomic mass is 10.3. The van der Waals surface area contributed by atoms with Gasteiger partial charge in [0.25, 0.3) is 5.91 Å². The number of aromatic nitrogens is 1. The molecule has 2 aromatic heterocycles. The molecule has 0 aliphatic carbocycles. The fraction of sp³-hybridized carbons (Fsp3) is 0.308. The summed E-state index contributed by atoms with van der Waals surface area (Å²) in [4.78, 5) is 29.8. The summed E-state index contributed by atoms with van der Waals surface area (Å²) in [6.45, 7) is 1.70. The van der Waals surface area contributed by atoms with Crippen LogP contribution in [-0.2, 0) is 9.53 Å². The van der Waals surface area contributed by atoms with E-state index in [2.05, 4.69) is 9.72 Å². The van der Waals surface area contributed by atoms with Crippen LogP contribution in [-0.4, -0.2) is 42.5 Å². The number of amides is 1. The van der Waals surface area contributed by atoms with Crippen molar-refractivity contribution in [3.63, 3.8) is 0 Å². The monoisotopic (exact) mass is 294 g/mol. The van der Waals surface area contributed by atoms with Crippen LogP contribution in [0.3, 0.4) is 0 Å². The van der Waals surface area contributed by atoms with Gasteiger partial charge in [0.05, 0.1) is 13.4 Å². The van der Waals surface area contributed by atoms with Crippen LogP contribution >= 0.6 is 11.3 Å². The summed E-state index contributed by atoms with van der Waals surface area (Å²) in [5.74, 6) is -0.172. The summed E-state index contributed by atoms with van der Waals surface area (Å²) < 4.78 is 9.79. The second-order valence-corrected chi connectivity index (χ2v) is 5.34. The molecule has 2 rings (SSSR count). The van der Waals surface area contributed by atoms with Crippen molar-refractivity contribution < 1.29 is 18.7 Å². The Balaban J connectivity index is 2.20.